The van der Waals surface area contributed by atoms with Crippen LogP contribution in [0.4, 0.5) is 5.82 Å². The third kappa shape index (κ3) is 3.38. The molecule has 0 unspecified atom stereocenters. The Hall–Kier alpha value is -1.20. The molecule has 0 bridgehead atoms. The molecule has 0 radical (unpaired) electrons. The lowest BCUT2D eigenvalue weighted by molar-refractivity contribution is 0.131. The molecule has 1 aliphatic rings. The monoisotopic (exact) mass is 237 g/mol. The predicted octanol–water partition coefficient (Wildman–Crippen LogP) is 0.974. The van der Waals surface area contributed by atoms with Gasteiger partial charge in [-0.1, -0.05) is 0 Å². The van der Waals surface area contributed by atoms with Gasteiger partial charge in [-0.05, 0) is 19.8 Å². The average Bonchev–Trinajstić information content (AvgIpc) is 2.37. The highest BCUT2D eigenvalue weighted by Crippen LogP contribution is 2.18. The summed E-state index contributed by atoms with van der Waals surface area (Å²) in [5.74, 6) is 0.932. The highest BCUT2D eigenvalue weighted by atomic mass is 16.5. The molecule has 0 spiro atoms. The van der Waals surface area contributed by atoms with E-state index in [-0.39, 0.29) is 6.10 Å². The van der Waals surface area contributed by atoms with E-state index in [1.54, 1.807) is 6.33 Å². The van der Waals surface area contributed by atoms with Crippen LogP contribution >= 0.6 is 0 Å². The second-order valence-electron chi connectivity index (χ2n) is 4.22. The van der Waals surface area contributed by atoms with Crippen LogP contribution in [-0.4, -0.2) is 40.9 Å². The second kappa shape index (κ2) is 5.93. The van der Waals surface area contributed by atoms with Crippen LogP contribution in [0, 0.1) is 0 Å². The molecule has 0 atom stereocenters. The van der Waals surface area contributed by atoms with Crippen molar-refractivity contribution in [3.05, 3.63) is 18.1 Å². The molecule has 5 nitrogen and oxygen atoms in total. The van der Waals surface area contributed by atoms with Crippen LogP contribution < -0.4 is 4.90 Å². The Bertz CT molecular complexity index is 351. The molecule has 0 amide bonds. The number of piperidine rings is 1. The van der Waals surface area contributed by atoms with Gasteiger partial charge >= 0.3 is 0 Å². The number of anilines is 1. The average molecular weight is 237 g/mol. The third-order valence-electron chi connectivity index (χ3n) is 2.95. The molecule has 1 aromatic rings. The van der Waals surface area contributed by atoms with E-state index in [4.69, 9.17) is 4.74 Å². The van der Waals surface area contributed by atoms with Crippen molar-refractivity contribution >= 4 is 5.82 Å². The van der Waals surface area contributed by atoms with Crippen LogP contribution in [0.5, 0.6) is 0 Å². The lowest BCUT2D eigenvalue weighted by Crippen LogP contribution is -2.36. The van der Waals surface area contributed by atoms with Crippen molar-refractivity contribution in [3.8, 4) is 0 Å². The van der Waals surface area contributed by atoms with Gasteiger partial charge in [0, 0.05) is 25.8 Å². The van der Waals surface area contributed by atoms with Gasteiger partial charge in [0.2, 0.25) is 0 Å². The van der Waals surface area contributed by atoms with Crippen LogP contribution in [0.15, 0.2) is 12.4 Å². The van der Waals surface area contributed by atoms with Gasteiger partial charge in [-0.15, -0.1) is 0 Å². The zero-order valence-electron chi connectivity index (χ0n) is 10.2. The molecule has 1 aromatic heterocycles. The summed E-state index contributed by atoms with van der Waals surface area (Å²) in [6.45, 7) is 4.89. The van der Waals surface area contributed by atoms with Crippen molar-refractivity contribution in [2.45, 2.75) is 32.5 Å². The number of aromatic nitrogens is 2. The van der Waals surface area contributed by atoms with Crippen LogP contribution in [0.3, 0.4) is 0 Å². The minimum atomic E-state index is -0.156. The molecule has 1 saturated heterocycles. The van der Waals surface area contributed by atoms with E-state index >= 15 is 0 Å². The summed E-state index contributed by atoms with van der Waals surface area (Å²) < 4.78 is 5.33. The fraction of sp³-hybridized carbons (Fsp3) is 0.667. The van der Waals surface area contributed by atoms with Crippen molar-refractivity contribution in [3.63, 3.8) is 0 Å². The zero-order chi connectivity index (χ0) is 12.1. The smallest absolute Gasteiger partial charge is 0.132 e. The molecular formula is C12H19N3O2. The predicted molar refractivity (Wildman–Crippen MR) is 64.8 cm³/mol. The maximum absolute atomic E-state index is 9.47. The molecule has 0 aliphatic carbocycles. The molecule has 2 heterocycles. The van der Waals surface area contributed by atoms with E-state index in [0.717, 1.165) is 37.4 Å². The van der Waals surface area contributed by atoms with Gasteiger partial charge in [0.25, 0.3) is 0 Å². The van der Waals surface area contributed by atoms with Crippen molar-refractivity contribution in [1.82, 2.24) is 9.97 Å². The van der Waals surface area contributed by atoms with Crippen molar-refractivity contribution in [2.24, 2.45) is 0 Å². The summed E-state index contributed by atoms with van der Waals surface area (Å²) in [5, 5.41) is 9.47. The quantitative estimate of drug-likeness (QED) is 0.845. The standard InChI is InChI=1S/C12H19N3O2/c1-2-17-8-10-7-12(14-9-13-10)15-5-3-11(16)4-6-15/h7,9,11,16H,2-6,8H2,1H3. The number of hydrogen-bond donors (Lipinski definition) is 1. The number of hydrogen-bond acceptors (Lipinski definition) is 5. The molecule has 17 heavy (non-hydrogen) atoms. The molecule has 0 aromatic carbocycles. The van der Waals surface area contributed by atoms with Crippen molar-refractivity contribution in [2.75, 3.05) is 24.6 Å². The highest BCUT2D eigenvalue weighted by Gasteiger charge is 2.18. The molecule has 1 N–H and O–H groups in total. The number of nitrogens with zero attached hydrogens (tertiary/aromatic N) is 3. The maximum Gasteiger partial charge on any atom is 0.132 e. The first-order valence-corrected chi connectivity index (χ1v) is 6.11. The summed E-state index contributed by atoms with van der Waals surface area (Å²) >= 11 is 0. The minimum Gasteiger partial charge on any atom is -0.393 e. The lowest BCUT2D eigenvalue weighted by atomic mass is 10.1. The summed E-state index contributed by atoms with van der Waals surface area (Å²) in [7, 11) is 0. The van der Waals surface area contributed by atoms with Gasteiger partial charge in [-0.25, -0.2) is 9.97 Å². The fourth-order valence-corrected chi connectivity index (χ4v) is 1.94. The Kier molecular flexibility index (Phi) is 4.28. The Balaban J connectivity index is 2.00. The summed E-state index contributed by atoms with van der Waals surface area (Å²) in [6.07, 6.45) is 3.04. The molecule has 2 rings (SSSR count). The Morgan fingerprint density at radius 2 is 2.18 bits per heavy atom. The molecule has 0 saturated carbocycles. The lowest BCUT2D eigenvalue weighted by Gasteiger charge is -2.30. The minimum absolute atomic E-state index is 0.156. The van der Waals surface area contributed by atoms with Crippen molar-refractivity contribution < 1.29 is 9.84 Å². The highest BCUT2D eigenvalue weighted by molar-refractivity contribution is 5.39. The van der Waals surface area contributed by atoms with E-state index < -0.39 is 0 Å². The first kappa shape index (κ1) is 12.3. The third-order valence-corrected chi connectivity index (χ3v) is 2.95. The van der Waals surface area contributed by atoms with Crippen LogP contribution in [0.2, 0.25) is 0 Å². The number of aliphatic hydroxyl groups excluding tert-OH is 1. The number of rotatable bonds is 4. The second-order valence-corrected chi connectivity index (χ2v) is 4.22. The van der Waals surface area contributed by atoms with Gasteiger partial charge < -0.3 is 14.7 Å². The first-order chi connectivity index (χ1) is 8.29. The molecular weight excluding hydrogens is 218 g/mol. The van der Waals surface area contributed by atoms with E-state index in [2.05, 4.69) is 14.9 Å². The Morgan fingerprint density at radius 3 is 2.88 bits per heavy atom. The molecule has 94 valence electrons. The van der Waals surface area contributed by atoms with Gasteiger partial charge in [-0.2, -0.15) is 0 Å². The van der Waals surface area contributed by atoms with E-state index in [1.165, 1.54) is 0 Å². The van der Waals surface area contributed by atoms with E-state index in [0.29, 0.717) is 13.2 Å². The van der Waals surface area contributed by atoms with Gasteiger partial charge in [-0.3, -0.25) is 0 Å². The number of ether oxygens (including phenoxy) is 1. The van der Waals surface area contributed by atoms with Crippen molar-refractivity contribution in [1.29, 1.82) is 0 Å². The largest absolute Gasteiger partial charge is 0.393 e. The van der Waals surface area contributed by atoms with Crippen LogP contribution in [-0.2, 0) is 11.3 Å². The van der Waals surface area contributed by atoms with Gasteiger partial charge in [0.05, 0.1) is 18.4 Å². The SMILES string of the molecule is CCOCc1cc(N2CCC(O)CC2)ncn1. The molecule has 5 heteroatoms. The Labute approximate surface area is 101 Å². The van der Waals surface area contributed by atoms with Crippen LogP contribution in [0.25, 0.3) is 0 Å². The van der Waals surface area contributed by atoms with Crippen LogP contribution in [0.1, 0.15) is 25.5 Å². The molecule has 1 aliphatic heterocycles. The van der Waals surface area contributed by atoms with E-state index in [1.807, 2.05) is 13.0 Å². The maximum atomic E-state index is 9.47. The fourth-order valence-electron chi connectivity index (χ4n) is 1.94. The summed E-state index contributed by atoms with van der Waals surface area (Å²) in [6, 6.07) is 1.97. The summed E-state index contributed by atoms with van der Waals surface area (Å²) in [5.41, 5.74) is 0.906. The zero-order valence-corrected chi connectivity index (χ0v) is 10.2. The molecule has 1 fully saturated rings. The number of aliphatic hydroxyl groups is 1. The first-order valence-electron chi connectivity index (χ1n) is 6.11. The summed E-state index contributed by atoms with van der Waals surface area (Å²) in [4.78, 5) is 10.6. The topological polar surface area (TPSA) is 58.5 Å². The normalized spacial score (nSPS) is 17.4. The van der Waals surface area contributed by atoms with Gasteiger partial charge in [0.1, 0.15) is 12.1 Å². The van der Waals surface area contributed by atoms with E-state index in [9.17, 15) is 5.11 Å². The Morgan fingerprint density at radius 1 is 1.41 bits per heavy atom. The van der Waals surface area contributed by atoms with Gasteiger partial charge in [0.15, 0.2) is 0 Å².